The van der Waals surface area contributed by atoms with Gasteiger partial charge in [-0.15, -0.1) is 0 Å². The number of methoxy groups -OCH3 is 3. The van der Waals surface area contributed by atoms with Crippen molar-refractivity contribution in [2.45, 2.75) is 13.8 Å². The maximum absolute atomic E-state index is 12.6. The smallest absolute Gasteiger partial charge is 0.343 e. The second-order valence-electron chi connectivity index (χ2n) is 6.22. The first-order chi connectivity index (χ1) is 13.4. The number of hydrogen-bond donors (Lipinski definition) is 0. The Balaban J connectivity index is 1.88. The van der Waals surface area contributed by atoms with Crippen LogP contribution in [0, 0.1) is 0 Å². The minimum Gasteiger partial charge on any atom is -0.493 e. The number of allylic oxidation sites excluding steroid dienone is 2. The molecule has 0 aromatic heterocycles. The highest BCUT2D eigenvalue weighted by molar-refractivity contribution is 6.12. The summed E-state index contributed by atoms with van der Waals surface area (Å²) in [5, 5.41) is 0. The largest absolute Gasteiger partial charge is 0.493 e. The van der Waals surface area contributed by atoms with E-state index in [4.69, 9.17) is 23.7 Å². The van der Waals surface area contributed by atoms with Crippen LogP contribution < -0.4 is 23.7 Å². The van der Waals surface area contributed by atoms with E-state index >= 15 is 0 Å². The van der Waals surface area contributed by atoms with Crippen LogP contribution in [0.4, 0.5) is 0 Å². The average molecular weight is 384 g/mol. The molecule has 28 heavy (non-hydrogen) atoms. The van der Waals surface area contributed by atoms with E-state index in [-0.39, 0.29) is 17.1 Å². The number of Topliss-reactive ketones (excluding diaryl/α,β-unsaturated/α-hetero) is 1. The summed E-state index contributed by atoms with van der Waals surface area (Å²) in [5.41, 5.74) is 1.43. The molecule has 0 fully saturated rings. The molecule has 146 valence electrons. The van der Waals surface area contributed by atoms with Crippen molar-refractivity contribution in [3.63, 3.8) is 0 Å². The van der Waals surface area contributed by atoms with Crippen LogP contribution in [0.2, 0.25) is 0 Å². The molecule has 0 spiro atoms. The maximum Gasteiger partial charge on any atom is 0.343 e. The summed E-state index contributed by atoms with van der Waals surface area (Å²) < 4.78 is 26.8. The molecule has 0 bridgehead atoms. The fourth-order valence-electron chi connectivity index (χ4n) is 2.81. The fourth-order valence-corrected chi connectivity index (χ4v) is 2.81. The van der Waals surface area contributed by atoms with Gasteiger partial charge < -0.3 is 23.7 Å². The van der Waals surface area contributed by atoms with Gasteiger partial charge in [-0.05, 0) is 43.7 Å². The predicted molar refractivity (Wildman–Crippen MR) is 101 cm³/mol. The van der Waals surface area contributed by atoms with Crippen molar-refractivity contribution >= 4 is 11.8 Å². The van der Waals surface area contributed by atoms with Crippen molar-refractivity contribution in [2.75, 3.05) is 21.3 Å². The Morgan fingerprint density at radius 2 is 1.57 bits per heavy atom. The minimum atomic E-state index is -0.619. The third-order valence-electron chi connectivity index (χ3n) is 4.18. The molecule has 0 unspecified atom stereocenters. The van der Waals surface area contributed by atoms with Crippen molar-refractivity contribution in [3.8, 4) is 28.7 Å². The molecule has 1 heterocycles. The molecule has 0 amide bonds. The zero-order chi connectivity index (χ0) is 20.4. The molecule has 2 aromatic rings. The minimum absolute atomic E-state index is 0.183. The fraction of sp³-hybridized carbons (Fsp3) is 0.238. The highest BCUT2D eigenvalue weighted by atomic mass is 16.5. The quantitative estimate of drug-likeness (QED) is 0.441. The summed E-state index contributed by atoms with van der Waals surface area (Å²) in [7, 11) is 4.40. The van der Waals surface area contributed by atoms with Crippen LogP contribution in [-0.4, -0.2) is 33.1 Å². The lowest BCUT2D eigenvalue weighted by Crippen LogP contribution is -2.09. The monoisotopic (exact) mass is 384 g/mol. The standard InChI is InChI=1S/C21H20O7/c1-11(2)19-18(22)14-7-6-13(10-15(14)28-19)27-21(23)12-8-16(24-3)20(26-5)17(9-12)25-4/h6-10H,1-5H3. The van der Waals surface area contributed by atoms with E-state index in [1.807, 2.05) is 0 Å². The van der Waals surface area contributed by atoms with Crippen molar-refractivity contribution in [2.24, 2.45) is 0 Å². The molecule has 1 aliphatic heterocycles. The molecule has 7 nitrogen and oxygen atoms in total. The van der Waals surface area contributed by atoms with Gasteiger partial charge in [-0.3, -0.25) is 4.79 Å². The van der Waals surface area contributed by atoms with E-state index in [2.05, 4.69) is 0 Å². The Kier molecular flexibility index (Phi) is 5.26. The van der Waals surface area contributed by atoms with Crippen molar-refractivity contribution in [1.29, 1.82) is 0 Å². The number of ether oxygens (including phenoxy) is 5. The summed E-state index contributed by atoms with van der Waals surface area (Å²) in [6.07, 6.45) is 0. The van der Waals surface area contributed by atoms with Crippen molar-refractivity contribution in [3.05, 3.63) is 52.8 Å². The second kappa shape index (κ2) is 7.64. The van der Waals surface area contributed by atoms with Gasteiger partial charge in [0.15, 0.2) is 17.3 Å². The van der Waals surface area contributed by atoms with Gasteiger partial charge in [0, 0.05) is 6.07 Å². The third kappa shape index (κ3) is 3.38. The number of esters is 1. The lowest BCUT2D eigenvalue weighted by atomic mass is 10.1. The Morgan fingerprint density at radius 1 is 0.929 bits per heavy atom. The average Bonchev–Trinajstić information content (AvgIpc) is 3.02. The van der Waals surface area contributed by atoms with Crippen LogP contribution in [0.1, 0.15) is 34.6 Å². The Bertz CT molecular complexity index is 959. The number of carbonyl (C=O) groups excluding carboxylic acids is 2. The topological polar surface area (TPSA) is 80.3 Å². The van der Waals surface area contributed by atoms with Gasteiger partial charge in [0.2, 0.25) is 11.5 Å². The number of fused-ring (bicyclic) bond motifs is 1. The van der Waals surface area contributed by atoms with E-state index in [1.54, 1.807) is 26.0 Å². The first-order valence-electron chi connectivity index (χ1n) is 8.45. The first-order valence-corrected chi connectivity index (χ1v) is 8.45. The molecule has 0 N–H and O–H groups in total. The molecular weight excluding hydrogens is 364 g/mol. The normalized spacial score (nSPS) is 12.2. The van der Waals surface area contributed by atoms with Crippen LogP contribution >= 0.6 is 0 Å². The summed E-state index contributed by atoms with van der Waals surface area (Å²) in [4.78, 5) is 24.9. The zero-order valence-electron chi connectivity index (χ0n) is 16.2. The Morgan fingerprint density at radius 3 is 2.11 bits per heavy atom. The number of carbonyl (C=O) groups is 2. The van der Waals surface area contributed by atoms with Crippen LogP contribution in [0.25, 0.3) is 0 Å². The predicted octanol–water partition coefficient (Wildman–Crippen LogP) is 3.80. The van der Waals surface area contributed by atoms with Gasteiger partial charge in [0.05, 0.1) is 32.5 Å². The number of rotatable bonds is 5. The van der Waals surface area contributed by atoms with Gasteiger partial charge in [0.1, 0.15) is 11.5 Å². The highest BCUT2D eigenvalue weighted by Gasteiger charge is 2.29. The van der Waals surface area contributed by atoms with Gasteiger partial charge in [-0.25, -0.2) is 4.79 Å². The SMILES string of the molecule is COc1cc(C(=O)Oc2ccc3c(c2)OC(=C(C)C)C3=O)cc(OC)c1OC. The van der Waals surface area contributed by atoms with Gasteiger partial charge in [-0.2, -0.15) is 0 Å². The number of ketones is 1. The molecule has 0 radical (unpaired) electrons. The molecule has 0 saturated carbocycles. The Labute approximate surface area is 162 Å². The van der Waals surface area contributed by atoms with Crippen LogP contribution in [0.3, 0.4) is 0 Å². The Hall–Kier alpha value is -3.48. The number of benzene rings is 2. The molecule has 3 rings (SSSR count). The maximum atomic E-state index is 12.6. The van der Waals surface area contributed by atoms with Crippen LogP contribution in [-0.2, 0) is 0 Å². The molecule has 0 aliphatic carbocycles. The van der Waals surface area contributed by atoms with Crippen molar-refractivity contribution in [1.82, 2.24) is 0 Å². The molecule has 0 saturated heterocycles. The van der Waals surface area contributed by atoms with Crippen LogP contribution in [0.5, 0.6) is 28.7 Å². The van der Waals surface area contributed by atoms with Crippen LogP contribution in [0.15, 0.2) is 41.7 Å². The number of hydrogen-bond acceptors (Lipinski definition) is 7. The van der Waals surface area contributed by atoms with E-state index in [9.17, 15) is 9.59 Å². The lowest BCUT2D eigenvalue weighted by Gasteiger charge is -2.13. The molecular formula is C21H20O7. The summed E-state index contributed by atoms with van der Waals surface area (Å²) in [5.74, 6) is 1.15. The molecule has 7 heteroatoms. The first kappa shape index (κ1) is 19.3. The second-order valence-corrected chi connectivity index (χ2v) is 6.22. The van der Waals surface area contributed by atoms with Gasteiger partial charge in [0.25, 0.3) is 0 Å². The van der Waals surface area contributed by atoms with Gasteiger partial charge >= 0.3 is 5.97 Å². The molecule has 1 aliphatic rings. The van der Waals surface area contributed by atoms with Gasteiger partial charge in [-0.1, -0.05) is 0 Å². The summed E-state index contributed by atoms with van der Waals surface area (Å²) in [6, 6.07) is 7.63. The van der Waals surface area contributed by atoms with Crippen molar-refractivity contribution < 1.29 is 33.3 Å². The van der Waals surface area contributed by atoms with E-state index in [1.165, 1.54) is 39.5 Å². The summed E-state index contributed by atoms with van der Waals surface area (Å²) >= 11 is 0. The third-order valence-corrected chi connectivity index (χ3v) is 4.18. The molecule has 0 atom stereocenters. The van der Waals surface area contributed by atoms with E-state index in [0.717, 1.165) is 5.57 Å². The zero-order valence-corrected chi connectivity index (χ0v) is 16.2. The van der Waals surface area contributed by atoms with E-state index in [0.29, 0.717) is 34.3 Å². The lowest BCUT2D eigenvalue weighted by molar-refractivity contribution is 0.0733. The summed E-state index contributed by atoms with van der Waals surface area (Å²) in [6.45, 7) is 3.59. The van der Waals surface area contributed by atoms with E-state index < -0.39 is 5.97 Å². The molecule has 2 aromatic carbocycles. The highest BCUT2D eigenvalue weighted by Crippen LogP contribution is 2.39.